The highest BCUT2D eigenvalue weighted by Gasteiger charge is 2.11. The molecule has 112 valence electrons. The van der Waals surface area contributed by atoms with E-state index < -0.39 is 17.2 Å². The number of nitrogens with zero attached hydrogens (tertiary/aromatic N) is 1. The lowest BCUT2D eigenvalue weighted by Crippen LogP contribution is -2.40. The highest BCUT2D eigenvalue weighted by Crippen LogP contribution is 2.03. The van der Waals surface area contributed by atoms with Gasteiger partial charge >= 0.3 is 5.69 Å². The number of carbonyl (C=O) groups is 1. The van der Waals surface area contributed by atoms with E-state index in [9.17, 15) is 14.4 Å². The Balaban J connectivity index is 1.83. The van der Waals surface area contributed by atoms with Crippen molar-refractivity contribution in [2.45, 2.75) is 13.1 Å². The van der Waals surface area contributed by atoms with Gasteiger partial charge in [-0.3, -0.25) is 14.2 Å². The lowest BCUT2D eigenvalue weighted by molar-refractivity contribution is -0.122. The van der Waals surface area contributed by atoms with E-state index in [1.54, 1.807) is 36.4 Å². The van der Waals surface area contributed by atoms with Crippen LogP contribution in [0.25, 0.3) is 10.9 Å². The van der Waals surface area contributed by atoms with E-state index in [2.05, 4.69) is 10.3 Å². The number of fused-ring (bicyclic) bond motifs is 1. The zero-order valence-electron chi connectivity index (χ0n) is 11.5. The van der Waals surface area contributed by atoms with Crippen molar-refractivity contribution in [3.05, 3.63) is 69.3 Å². The Morgan fingerprint density at radius 1 is 1.18 bits per heavy atom. The largest absolute Gasteiger partial charge is 0.467 e. The van der Waals surface area contributed by atoms with Crippen LogP contribution in [0, 0.1) is 0 Å². The monoisotopic (exact) mass is 299 g/mol. The molecule has 1 amide bonds. The second-order valence-corrected chi connectivity index (χ2v) is 4.72. The van der Waals surface area contributed by atoms with Crippen LogP contribution < -0.4 is 16.6 Å². The molecule has 0 aliphatic heterocycles. The highest BCUT2D eigenvalue weighted by atomic mass is 16.3. The van der Waals surface area contributed by atoms with Crippen molar-refractivity contribution < 1.29 is 9.21 Å². The topological polar surface area (TPSA) is 97.1 Å². The summed E-state index contributed by atoms with van der Waals surface area (Å²) in [5.41, 5.74) is -0.658. The summed E-state index contributed by atoms with van der Waals surface area (Å²) >= 11 is 0. The second-order valence-electron chi connectivity index (χ2n) is 4.72. The molecule has 3 aromatic rings. The molecule has 0 unspecified atom stereocenters. The van der Waals surface area contributed by atoms with Gasteiger partial charge in [-0.25, -0.2) is 4.79 Å². The SMILES string of the molecule is O=C(Cn1c(=O)[nH]c2ccccc2c1=O)NCc1ccco1. The van der Waals surface area contributed by atoms with Gasteiger partial charge in [-0.05, 0) is 24.3 Å². The highest BCUT2D eigenvalue weighted by molar-refractivity contribution is 5.78. The van der Waals surface area contributed by atoms with Gasteiger partial charge in [0.25, 0.3) is 5.56 Å². The lowest BCUT2D eigenvalue weighted by atomic mass is 10.2. The molecule has 2 aromatic heterocycles. The van der Waals surface area contributed by atoms with E-state index in [1.807, 2.05) is 0 Å². The van der Waals surface area contributed by atoms with E-state index in [-0.39, 0.29) is 13.1 Å². The van der Waals surface area contributed by atoms with Crippen molar-refractivity contribution in [1.82, 2.24) is 14.9 Å². The molecule has 0 atom stereocenters. The number of H-pyrrole nitrogens is 1. The average Bonchev–Trinajstić information content (AvgIpc) is 3.03. The van der Waals surface area contributed by atoms with Crippen molar-refractivity contribution in [3.63, 3.8) is 0 Å². The molecule has 3 rings (SSSR count). The number of carbonyl (C=O) groups excluding carboxylic acids is 1. The van der Waals surface area contributed by atoms with Crippen LogP contribution in [-0.2, 0) is 17.9 Å². The van der Waals surface area contributed by atoms with Gasteiger partial charge in [0, 0.05) is 0 Å². The maximum atomic E-state index is 12.3. The number of hydrogen-bond donors (Lipinski definition) is 2. The first-order chi connectivity index (χ1) is 10.6. The maximum Gasteiger partial charge on any atom is 0.329 e. The number of aromatic amines is 1. The molecule has 0 radical (unpaired) electrons. The molecule has 0 spiro atoms. The molecule has 0 saturated carbocycles. The van der Waals surface area contributed by atoms with Gasteiger partial charge in [0.15, 0.2) is 0 Å². The third-order valence-electron chi connectivity index (χ3n) is 3.23. The standard InChI is InChI=1S/C15H13N3O4/c19-13(16-8-10-4-3-7-22-10)9-18-14(20)11-5-1-2-6-12(11)17-15(18)21/h1-7H,8-9H2,(H,16,19)(H,17,21). The predicted octanol–water partition coefficient (Wildman–Crippen LogP) is 0.599. The molecule has 0 aliphatic rings. The Bertz CT molecular complexity index is 922. The normalized spacial score (nSPS) is 10.7. The first kappa shape index (κ1) is 13.9. The fourth-order valence-corrected chi connectivity index (χ4v) is 2.14. The first-order valence-electron chi connectivity index (χ1n) is 6.66. The van der Waals surface area contributed by atoms with Crippen molar-refractivity contribution in [2.24, 2.45) is 0 Å². The molecule has 2 N–H and O–H groups in total. The minimum atomic E-state index is -0.614. The van der Waals surface area contributed by atoms with E-state index in [0.717, 1.165) is 4.57 Å². The number of furan rings is 1. The summed E-state index contributed by atoms with van der Waals surface area (Å²) in [6, 6.07) is 10.1. The van der Waals surface area contributed by atoms with Gasteiger partial charge < -0.3 is 14.7 Å². The molecule has 22 heavy (non-hydrogen) atoms. The zero-order chi connectivity index (χ0) is 15.5. The van der Waals surface area contributed by atoms with Gasteiger partial charge in [-0.15, -0.1) is 0 Å². The van der Waals surface area contributed by atoms with E-state index >= 15 is 0 Å². The molecule has 0 saturated heterocycles. The van der Waals surface area contributed by atoms with Crippen LogP contribution in [0.1, 0.15) is 5.76 Å². The molecule has 0 bridgehead atoms. The van der Waals surface area contributed by atoms with E-state index in [1.165, 1.54) is 6.26 Å². The Morgan fingerprint density at radius 2 is 2.00 bits per heavy atom. The molecule has 7 heteroatoms. The number of hydrogen-bond acceptors (Lipinski definition) is 4. The average molecular weight is 299 g/mol. The molecule has 0 fully saturated rings. The number of amides is 1. The van der Waals surface area contributed by atoms with Crippen molar-refractivity contribution in [3.8, 4) is 0 Å². The van der Waals surface area contributed by atoms with Crippen LogP contribution in [0.4, 0.5) is 0 Å². The third-order valence-corrected chi connectivity index (χ3v) is 3.23. The van der Waals surface area contributed by atoms with Gasteiger partial charge in [-0.1, -0.05) is 12.1 Å². The number of benzene rings is 1. The van der Waals surface area contributed by atoms with Crippen LogP contribution in [0.3, 0.4) is 0 Å². The zero-order valence-corrected chi connectivity index (χ0v) is 11.5. The molecular weight excluding hydrogens is 286 g/mol. The van der Waals surface area contributed by atoms with Crippen LogP contribution in [0.5, 0.6) is 0 Å². The summed E-state index contributed by atoms with van der Waals surface area (Å²) in [7, 11) is 0. The molecule has 0 aliphatic carbocycles. The van der Waals surface area contributed by atoms with Gasteiger partial charge in [-0.2, -0.15) is 0 Å². The number of nitrogens with one attached hydrogen (secondary N) is 2. The predicted molar refractivity (Wildman–Crippen MR) is 79.4 cm³/mol. The third kappa shape index (κ3) is 2.69. The smallest absolute Gasteiger partial charge is 0.329 e. The minimum absolute atomic E-state index is 0.200. The summed E-state index contributed by atoms with van der Waals surface area (Å²) < 4.78 is 5.96. The Labute approximate surface area is 124 Å². The van der Waals surface area contributed by atoms with Crippen LogP contribution in [-0.4, -0.2) is 15.5 Å². The second kappa shape index (κ2) is 5.72. The van der Waals surface area contributed by atoms with E-state index in [4.69, 9.17) is 4.42 Å². The van der Waals surface area contributed by atoms with Gasteiger partial charge in [0.05, 0.1) is 23.7 Å². The molecular formula is C15H13N3O4. The molecule has 1 aromatic carbocycles. The van der Waals surface area contributed by atoms with Crippen molar-refractivity contribution in [1.29, 1.82) is 0 Å². The minimum Gasteiger partial charge on any atom is -0.467 e. The number of aromatic nitrogens is 2. The first-order valence-corrected chi connectivity index (χ1v) is 6.66. The summed E-state index contributed by atoms with van der Waals surface area (Å²) in [4.78, 5) is 38.7. The lowest BCUT2D eigenvalue weighted by Gasteiger charge is -2.06. The molecule has 2 heterocycles. The van der Waals surface area contributed by atoms with E-state index in [0.29, 0.717) is 16.7 Å². The maximum absolute atomic E-state index is 12.3. The Hall–Kier alpha value is -3.09. The summed E-state index contributed by atoms with van der Waals surface area (Å²) in [5.74, 6) is 0.146. The van der Waals surface area contributed by atoms with Crippen molar-refractivity contribution >= 4 is 16.8 Å². The van der Waals surface area contributed by atoms with Gasteiger partial charge in [0.2, 0.25) is 5.91 Å². The number of para-hydroxylation sites is 1. The number of rotatable bonds is 4. The summed E-state index contributed by atoms with van der Waals surface area (Å²) in [6.07, 6.45) is 1.50. The van der Waals surface area contributed by atoms with Crippen LogP contribution in [0.2, 0.25) is 0 Å². The quantitative estimate of drug-likeness (QED) is 0.737. The molecule has 7 nitrogen and oxygen atoms in total. The summed E-state index contributed by atoms with van der Waals surface area (Å²) in [5, 5.41) is 2.95. The van der Waals surface area contributed by atoms with Crippen LogP contribution >= 0.6 is 0 Å². The fraction of sp³-hybridized carbons (Fsp3) is 0.133. The van der Waals surface area contributed by atoms with Crippen LogP contribution in [0.15, 0.2) is 56.7 Å². The Morgan fingerprint density at radius 3 is 2.77 bits per heavy atom. The summed E-state index contributed by atoms with van der Waals surface area (Å²) in [6.45, 7) is -0.147. The Kier molecular flexibility index (Phi) is 3.61. The van der Waals surface area contributed by atoms with Crippen molar-refractivity contribution in [2.75, 3.05) is 0 Å². The fourth-order valence-electron chi connectivity index (χ4n) is 2.14. The van der Waals surface area contributed by atoms with Gasteiger partial charge in [0.1, 0.15) is 12.3 Å².